The van der Waals surface area contributed by atoms with Gasteiger partial charge in [-0.2, -0.15) is 0 Å². The molecule has 0 bridgehead atoms. The van der Waals surface area contributed by atoms with Crippen molar-refractivity contribution < 1.29 is 30.6 Å². The summed E-state index contributed by atoms with van der Waals surface area (Å²) in [5.74, 6) is 0. The summed E-state index contributed by atoms with van der Waals surface area (Å²) in [6, 6.07) is 0. The van der Waals surface area contributed by atoms with Crippen molar-refractivity contribution >= 4 is 34.0 Å². The molecule has 0 aliphatic rings. The van der Waals surface area contributed by atoms with Crippen molar-refractivity contribution in [3.8, 4) is 0 Å². The highest BCUT2D eigenvalue weighted by Gasteiger charge is 2.29. The molecule has 0 heterocycles. The van der Waals surface area contributed by atoms with E-state index < -0.39 is 37.6 Å². The molecule has 0 aliphatic heterocycles. The van der Waals surface area contributed by atoms with Crippen LogP contribution in [0.15, 0.2) is 0 Å². The summed E-state index contributed by atoms with van der Waals surface area (Å²) in [6.07, 6.45) is -6.39. The molecular formula is C6H16Br2O6. The van der Waals surface area contributed by atoms with Crippen molar-refractivity contribution in [3.05, 3.63) is 0 Å². The van der Waals surface area contributed by atoms with E-state index in [0.29, 0.717) is 0 Å². The highest BCUT2D eigenvalue weighted by atomic mass is 79.9. The van der Waals surface area contributed by atoms with Gasteiger partial charge in [0.1, 0.15) is 24.4 Å². The molecule has 90 valence electrons. The van der Waals surface area contributed by atoms with Gasteiger partial charge in [-0.3, -0.25) is 0 Å². The fourth-order valence-corrected chi connectivity index (χ4v) is 0.671. The lowest BCUT2D eigenvalue weighted by molar-refractivity contribution is -0.123. The average molecular weight is 344 g/mol. The minimum atomic E-state index is -1.67. The van der Waals surface area contributed by atoms with Crippen LogP contribution >= 0.6 is 34.0 Å². The van der Waals surface area contributed by atoms with Crippen molar-refractivity contribution in [2.24, 2.45) is 0 Å². The van der Waals surface area contributed by atoms with E-state index >= 15 is 0 Å². The maximum absolute atomic E-state index is 8.96. The second kappa shape index (κ2) is 10.2. The molecule has 0 rings (SSSR count). The smallest absolute Gasteiger partial charge is 0.111 e. The standard InChI is InChI=1S/C6H14O6.2BrH/c7-1-3(9)5(11)6(12)4(10)2-8;;/h3-12H,1-2H2;2*1H. The van der Waals surface area contributed by atoms with Gasteiger partial charge >= 0.3 is 0 Å². The van der Waals surface area contributed by atoms with Crippen LogP contribution in [0, 0.1) is 0 Å². The molecule has 0 aromatic heterocycles. The Labute approximate surface area is 102 Å². The molecule has 14 heavy (non-hydrogen) atoms. The summed E-state index contributed by atoms with van der Waals surface area (Å²) in [5, 5.41) is 52.2. The Kier molecular flexibility index (Phi) is 14.8. The van der Waals surface area contributed by atoms with Crippen LogP contribution in [0.2, 0.25) is 0 Å². The normalized spacial score (nSPS) is 18.4. The minimum absolute atomic E-state index is 0. The first-order chi connectivity index (χ1) is 5.54. The van der Waals surface area contributed by atoms with Crippen LogP contribution in [0.3, 0.4) is 0 Å². The highest BCUT2D eigenvalue weighted by molar-refractivity contribution is 8.93. The summed E-state index contributed by atoms with van der Waals surface area (Å²) in [6.45, 7) is -1.45. The Morgan fingerprint density at radius 2 is 0.857 bits per heavy atom. The number of rotatable bonds is 5. The second-order valence-corrected chi connectivity index (χ2v) is 2.48. The maximum atomic E-state index is 8.96. The molecule has 4 atom stereocenters. The Morgan fingerprint density at radius 3 is 1.00 bits per heavy atom. The van der Waals surface area contributed by atoms with Gasteiger partial charge in [0.05, 0.1) is 13.2 Å². The Balaban J connectivity index is -0.000000605. The molecule has 0 amide bonds. The van der Waals surface area contributed by atoms with E-state index in [1.165, 1.54) is 0 Å². The Bertz CT molecular complexity index is 113. The molecule has 0 spiro atoms. The molecule has 0 radical (unpaired) electrons. The van der Waals surface area contributed by atoms with Crippen molar-refractivity contribution in [3.63, 3.8) is 0 Å². The molecule has 0 aliphatic carbocycles. The van der Waals surface area contributed by atoms with Crippen molar-refractivity contribution in [2.45, 2.75) is 24.4 Å². The lowest BCUT2D eigenvalue weighted by Gasteiger charge is -2.24. The summed E-state index contributed by atoms with van der Waals surface area (Å²) in [4.78, 5) is 0. The molecule has 4 unspecified atom stereocenters. The van der Waals surface area contributed by atoms with Crippen molar-refractivity contribution in [2.75, 3.05) is 13.2 Å². The van der Waals surface area contributed by atoms with Gasteiger partial charge in [0.15, 0.2) is 0 Å². The lowest BCUT2D eigenvalue weighted by atomic mass is 10.0. The molecule has 0 aromatic carbocycles. The van der Waals surface area contributed by atoms with E-state index in [0.717, 1.165) is 0 Å². The number of hydrogen-bond acceptors (Lipinski definition) is 6. The number of halogens is 2. The fraction of sp³-hybridized carbons (Fsp3) is 1.00. The van der Waals surface area contributed by atoms with Crippen LogP contribution in [0.1, 0.15) is 0 Å². The molecule has 0 saturated heterocycles. The van der Waals surface area contributed by atoms with Gasteiger partial charge in [-0.25, -0.2) is 0 Å². The van der Waals surface area contributed by atoms with Crippen LogP contribution in [0.25, 0.3) is 0 Å². The topological polar surface area (TPSA) is 121 Å². The monoisotopic (exact) mass is 342 g/mol. The predicted octanol–water partition coefficient (Wildman–Crippen LogP) is -2.43. The fourth-order valence-electron chi connectivity index (χ4n) is 0.671. The zero-order chi connectivity index (χ0) is 9.72. The quantitative estimate of drug-likeness (QED) is 0.330. The highest BCUT2D eigenvalue weighted by Crippen LogP contribution is 2.03. The largest absolute Gasteiger partial charge is 0.394 e. The van der Waals surface area contributed by atoms with Crippen LogP contribution in [-0.4, -0.2) is 68.3 Å². The molecule has 8 heteroatoms. The van der Waals surface area contributed by atoms with Gasteiger partial charge in [0, 0.05) is 0 Å². The van der Waals surface area contributed by atoms with Gasteiger partial charge in [-0.05, 0) is 0 Å². The number of aliphatic hydroxyl groups is 6. The van der Waals surface area contributed by atoms with E-state index in [2.05, 4.69) is 0 Å². The van der Waals surface area contributed by atoms with E-state index in [9.17, 15) is 0 Å². The van der Waals surface area contributed by atoms with Crippen LogP contribution in [0.5, 0.6) is 0 Å². The number of aliphatic hydroxyl groups excluding tert-OH is 6. The molecule has 6 N–H and O–H groups in total. The molecule has 6 nitrogen and oxygen atoms in total. The van der Waals surface area contributed by atoms with Crippen molar-refractivity contribution in [1.82, 2.24) is 0 Å². The zero-order valence-electron chi connectivity index (χ0n) is 7.22. The lowest BCUT2D eigenvalue weighted by Crippen LogP contribution is -2.46. The molecule has 0 fully saturated rings. The maximum Gasteiger partial charge on any atom is 0.111 e. The van der Waals surface area contributed by atoms with Crippen molar-refractivity contribution in [1.29, 1.82) is 0 Å². The third-order valence-electron chi connectivity index (χ3n) is 1.51. The predicted molar refractivity (Wildman–Crippen MR) is 58.8 cm³/mol. The SMILES string of the molecule is Br.Br.OCC(O)C(O)C(O)C(O)CO. The van der Waals surface area contributed by atoms with Gasteiger partial charge in [0.25, 0.3) is 0 Å². The minimum Gasteiger partial charge on any atom is -0.394 e. The molecular weight excluding hydrogens is 328 g/mol. The van der Waals surface area contributed by atoms with Crippen LogP contribution in [-0.2, 0) is 0 Å². The van der Waals surface area contributed by atoms with Crippen LogP contribution < -0.4 is 0 Å². The summed E-state index contributed by atoms with van der Waals surface area (Å²) >= 11 is 0. The summed E-state index contributed by atoms with van der Waals surface area (Å²) < 4.78 is 0. The van der Waals surface area contributed by atoms with E-state index in [-0.39, 0.29) is 34.0 Å². The Morgan fingerprint density at radius 1 is 0.643 bits per heavy atom. The third-order valence-corrected chi connectivity index (χ3v) is 1.51. The summed E-state index contributed by atoms with van der Waals surface area (Å²) in [5.41, 5.74) is 0. The zero-order valence-corrected chi connectivity index (χ0v) is 10.6. The van der Waals surface area contributed by atoms with Gasteiger partial charge < -0.3 is 30.6 Å². The van der Waals surface area contributed by atoms with E-state index in [4.69, 9.17) is 30.6 Å². The van der Waals surface area contributed by atoms with Gasteiger partial charge in [0.2, 0.25) is 0 Å². The first kappa shape index (κ1) is 20.2. The van der Waals surface area contributed by atoms with Gasteiger partial charge in [-0.1, -0.05) is 0 Å². The van der Waals surface area contributed by atoms with E-state index in [1.807, 2.05) is 0 Å². The van der Waals surface area contributed by atoms with E-state index in [1.54, 1.807) is 0 Å². The first-order valence-corrected chi connectivity index (χ1v) is 3.48. The first-order valence-electron chi connectivity index (χ1n) is 3.48. The summed E-state index contributed by atoms with van der Waals surface area (Å²) in [7, 11) is 0. The second-order valence-electron chi connectivity index (χ2n) is 2.48. The third kappa shape index (κ3) is 6.25. The molecule has 0 aromatic rings. The van der Waals surface area contributed by atoms with Crippen LogP contribution in [0.4, 0.5) is 0 Å². The average Bonchev–Trinajstić information content (AvgIpc) is 2.12. The molecule has 0 saturated carbocycles. The Hall–Kier alpha value is 0.720. The number of hydrogen-bond donors (Lipinski definition) is 6. The van der Waals surface area contributed by atoms with Gasteiger partial charge in [-0.15, -0.1) is 34.0 Å².